The van der Waals surface area contributed by atoms with Crippen molar-refractivity contribution in [2.75, 3.05) is 24.5 Å². The van der Waals surface area contributed by atoms with Crippen LogP contribution < -0.4 is 10.6 Å². The van der Waals surface area contributed by atoms with Crippen molar-refractivity contribution in [1.82, 2.24) is 4.98 Å². The van der Waals surface area contributed by atoms with Crippen molar-refractivity contribution in [2.45, 2.75) is 12.8 Å². The summed E-state index contributed by atoms with van der Waals surface area (Å²) < 4.78 is 0. The van der Waals surface area contributed by atoms with E-state index in [2.05, 4.69) is 16.0 Å². The molecule has 0 amide bonds. The van der Waals surface area contributed by atoms with Crippen LogP contribution in [0.3, 0.4) is 0 Å². The van der Waals surface area contributed by atoms with Gasteiger partial charge in [-0.2, -0.15) is 0 Å². The molecule has 1 atom stereocenters. The number of aromatic nitrogens is 1. The molecule has 2 rings (SSSR count). The molecular formula is C11H17N3. The predicted octanol–water partition coefficient (Wildman–Crippen LogP) is 1.26. The lowest BCUT2D eigenvalue weighted by Gasteiger charge is -2.16. The maximum absolute atomic E-state index is 5.56. The van der Waals surface area contributed by atoms with Crippen LogP contribution in [0.15, 0.2) is 24.4 Å². The third-order valence-corrected chi connectivity index (χ3v) is 2.83. The highest BCUT2D eigenvalue weighted by molar-refractivity contribution is 5.38. The highest BCUT2D eigenvalue weighted by atomic mass is 15.2. The number of nitrogens with two attached hydrogens (primary N) is 1. The number of nitrogens with zero attached hydrogens (tertiary/aromatic N) is 2. The van der Waals surface area contributed by atoms with Gasteiger partial charge in [0.1, 0.15) is 5.82 Å². The zero-order valence-electron chi connectivity index (χ0n) is 8.39. The van der Waals surface area contributed by atoms with Gasteiger partial charge in [-0.1, -0.05) is 6.07 Å². The van der Waals surface area contributed by atoms with E-state index in [0.717, 1.165) is 37.8 Å². The fourth-order valence-corrected chi connectivity index (χ4v) is 2.05. The van der Waals surface area contributed by atoms with E-state index >= 15 is 0 Å². The second-order valence-corrected chi connectivity index (χ2v) is 3.87. The molecule has 14 heavy (non-hydrogen) atoms. The van der Waals surface area contributed by atoms with Crippen LogP contribution in [0.4, 0.5) is 5.82 Å². The molecule has 0 saturated carbocycles. The molecule has 0 radical (unpaired) electrons. The van der Waals surface area contributed by atoms with Gasteiger partial charge in [-0.25, -0.2) is 4.98 Å². The Morgan fingerprint density at radius 3 is 3.14 bits per heavy atom. The van der Waals surface area contributed by atoms with Crippen molar-refractivity contribution in [3.8, 4) is 0 Å². The zero-order chi connectivity index (χ0) is 9.80. The van der Waals surface area contributed by atoms with E-state index in [0.29, 0.717) is 0 Å². The minimum absolute atomic E-state index is 0.766. The minimum Gasteiger partial charge on any atom is -0.356 e. The monoisotopic (exact) mass is 191 g/mol. The SMILES string of the molecule is NCCC1CCN(c2ccccn2)C1. The molecule has 2 heterocycles. The van der Waals surface area contributed by atoms with Crippen LogP contribution in [0.1, 0.15) is 12.8 Å². The Hall–Kier alpha value is -1.09. The molecule has 3 heteroatoms. The largest absolute Gasteiger partial charge is 0.356 e. The van der Waals surface area contributed by atoms with Gasteiger partial charge < -0.3 is 10.6 Å². The zero-order valence-corrected chi connectivity index (χ0v) is 8.39. The van der Waals surface area contributed by atoms with Crippen molar-refractivity contribution in [2.24, 2.45) is 11.7 Å². The van der Waals surface area contributed by atoms with E-state index in [-0.39, 0.29) is 0 Å². The van der Waals surface area contributed by atoms with Crippen LogP contribution in [0, 0.1) is 5.92 Å². The van der Waals surface area contributed by atoms with Crippen molar-refractivity contribution >= 4 is 5.82 Å². The average molecular weight is 191 g/mol. The van der Waals surface area contributed by atoms with Gasteiger partial charge in [0.15, 0.2) is 0 Å². The van der Waals surface area contributed by atoms with Gasteiger partial charge in [-0.15, -0.1) is 0 Å². The summed E-state index contributed by atoms with van der Waals surface area (Å²) in [7, 11) is 0. The highest BCUT2D eigenvalue weighted by Gasteiger charge is 2.22. The molecule has 76 valence electrons. The summed E-state index contributed by atoms with van der Waals surface area (Å²) in [5.74, 6) is 1.87. The normalized spacial score (nSPS) is 21.5. The second-order valence-electron chi connectivity index (χ2n) is 3.87. The summed E-state index contributed by atoms with van der Waals surface area (Å²) in [4.78, 5) is 6.70. The van der Waals surface area contributed by atoms with Crippen molar-refractivity contribution in [3.63, 3.8) is 0 Å². The van der Waals surface area contributed by atoms with Crippen LogP contribution in [0.25, 0.3) is 0 Å². The van der Waals surface area contributed by atoms with Gasteiger partial charge in [-0.3, -0.25) is 0 Å². The molecule has 0 spiro atoms. The molecule has 1 aliphatic heterocycles. The standard InChI is InChI=1S/C11H17N3/c12-6-4-10-5-8-14(9-10)11-3-1-2-7-13-11/h1-3,7,10H,4-6,8-9,12H2. The number of hydrogen-bond donors (Lipinski definition) is 1. The molecule has 1 unspecified atom stereocenters. The first-order chi connectivity index (χ1) is 6.90. The van der Waals surface area contributed by atoms with Gasteiger partial charge in [0.2, 0.25) is 0 Å². The molecule has 1 fully saturated rings. The third-order valence-electron chi connectivity index (χ3n) is 2.83. The van der Waals surface area contributed by atoms with Gasteiger partial charge in [-0.05, 0) is 37.4 Å². The smallest absolute Gasteiger partial charge is 0.128 e. The Bertz CT molecular complexity index is 273. The molecule has 1 saturated heterocycles. The number of rotatable bonds is 3. The number of pyridine rings is 1. The molecule has 0 bridgehead atoms. The van der Waals surface area contributed by atoms with Gasteiger partial charge in [0, 0.05) is 19.3 Å². The van der Waals surface area contributed by atoms with E-state index in [9.17, 15) is 0 Å². The maximum Gasteiger partial charge on any atom is 0.128 e. The van der Waals surface area contributed by atoms with E-state index in [1.54, 1.807) is 0 Å². The summed E-state index contributed by atoms with van der Waals surface area (Å²) in [6.07, 6.45) is 4.25. The van der Waals surface area contributed by atoms with E-state index in [4.69, 9.17) is 5.73 Å². The summed E-state index contributed by atoms with van der Waals surface area (Å²) in [5, 5.41) is 0. The van der Waals surface area contributed by atoms with Crippen LogP contribution >= 0.6 is 0 Å². The molecule has 1 aromatic heterocycles. The van der Waals surface area contributed by atoms with Crippen LogP contribution in [0.2, 0.25) is 0 Å². The fraction of sp³-hybridized carbons (Fsp3) is 0.545. The highest BCUT2D eigenvalue weighted by Crippen LogP contribution is 2.23. The molecule has 0 aromatic carbocycles. The molecule has 1 aliphatic rings. The third kappa shape index (κ3) is 2.04. The first-order valence-corrected chi connectivity index (χ1v) is 5.26. The predicted molar refractivity (Wildman–Crippen MR) is 58.2 cm³/mol. The summed E-state index contributed by atoms with van der Waals surface area (Å²) in [5.41, 5.74) is 5.56. The maximum atomic E-state index is 5.56. The summed E-state index contributed by atoms with van der Waals surface area (Å²) >= 11 is 0. The number of anilines is 1. The van der Waals surface area contributed by atoms with Gasteiger partial charge in [0.25, 0.3) is 0 Å². The lowest BCUT2D eigenvalue weighted by molar-refractivity contribution is 0.546. The Labute approximate surface area is 84.9 Å². The molecule has 0 aliphatic carbocycles. The van der Waals surface area contributed by atoms with Crippen LogP contribution in [-0.2, 0) is 0 Å². The minimum atomic E-state index is 0.766. The van der Waals surface area contributed by atoms with Crippen molar-refractivity contribution < 1.29 is 0 Å². The van der Waals surface area contributed by atoms with E-state index in [1.807, 2.05) is 18.3 Å². The second kappa shape index (κ2) is 4.42. The Morgan fingerprint density at radius 1 is 1.50 bits per heavy atom. The van der Waals surface area contributed by atoms with Crippen LogP contribution in [-0.4, -0.2) is 24.6 Å². The molecule has 3 nitrogen and oxygen atoms in total. The van der Waals surface area contributed by atoms with Crippen molar-refractivity contribution in [3.05, 3.63) is 24.4 Å². The molecule has 2 N–H and O–H groups in total. The lowest BCUT2D eigenvalue weighted by atomic mass is 10.1. The lowest BCUT2D eigenvalue weighted by Crippen LogP contribution is -2.21. The molecular weight excluding hydrogens is 174 g/mol. The summed E-state index contributed by atoms with van der Waals surface area (Å²) in [6, 6.07) is 6.07. The Balaban J connectivity index is 1.96. The molecule has 1 aromatic rings. The van der Waals surface area contributed by atoms with Gasteiger partial charge in [0.05, 0.1) is 0 Å². The van der Waals surface area contributed by atoms with Crippen molar-refractivity contribution in [1.29, 1.82) is 0 Å². The first kappa shape index (κ1) is 9.46. The van der Waals surface area contributed by atoms with E-state index in [1.165, 1.54) is 6.42 Å². The number of hydrogen-bond acceptors (Lipinski definition) is 3. The Kier molecular flexibility index (Phi) is 2.99. The fourth-order valence-electron chi connectivity index (χ4n) is 2.05. The van der Waals surface area contributed by atoms with Crippen LogP contribution in [0.5, 0.6) is 0 Å². The Morgan fingerprint density at radius 2 is 2.43 bits per heavy atom. The summed E-state index contributed by atoms with van der Waals surface area (Å²) in [6.45, 7) is 3.05. The topological polar surface area (TPSA) is 42.1 Å². The average Bonchev–Trinajstić information content (AvgIpc) is 2.68. The van der Waals surface area contributed by atoms with Gasteiger partial charge >= 0.3 is 0 Å². The van der Waals surface area contributed by atoms with E-state index < -0.39 is 0 Å². The quantitative estimate of drug-likeness (QED) is 0.782. The first-order valence-electron chi connectivity index (χ1n) is 5.26.